The van der Waals surface area contributed by atoms with E-state index in [-0.39, 0.29) is 5.63 Å². The number of anilines is 1. The van der Waals surface area contributed by atoms with Gasteiger partial charge in [-0.2, -0.15) is 0 Å². The van der Waals surface area contributed by atoms with Crippen LogP contribution >= 0.6 is 0 Å². The number of ether oxygens (including phenoxy) is 1. The number of nitrogens with zero attached hydrogens (tertiary/aromatic N) is 1. The lowest BCUT2D eigenvalue weighted by atomic mass is 10.0. The molecule has 0 saturated carbocycles. The Bertz CT molecular complexity index is 1020. The second-order valence-electron chi connectivity index (χ2n) is 6.60. The first-order valence-electron chi connectivity index (χ1n) is 8.60. The molecule has 4 rings (SSSR count). The van der Waals surface area contributed by atoms with Crippen molar-refractivity contribution in [1.82, 2.24) is 0 Å². The molecule has 2 heterocycles. The van der Waals surface area contributed by atoms with Gasteiger partial charge in [0.15, 0.2) is 6.73 Å². The summed E-state index contributed by atoms with van der Waals surface area (Å²) in [6.07, 6.45) is 0.794. The van der Waals surface area contributed by atoms with Crippen LogP contribution in [0.4, 0.5) is 5.69 Å². The minimum Gasteiger partial charge on any atom is -0.473 e. The van der Waals surface area contributed by atoms with E-state index in [1.807, 2.05) is 19.1 Å². The van der Waals surface area contributed by atoms with E-state index in [0.717, 1.165) is 34.4 Å². The van der Waals surface area contributed by atoms with Crippen LogP contribution in [0.1, 0.15) is 29.2 Å². The summed E-state index contributed by atoms with van der Waals surface area (Å²) in [5.41, 5.74) is 5.93. The average molecular weight is 335 g/mol. The van der Waals surface area contributed by atoms with Gasteiger partial charge in [-0.1, -0.05) is 13.0 Å². The van der Waals surface area contributed by atoms with Crippen molar-refractivity contribution in [2.24, 2.45) is 0 Å². The van der Waals surface area contributed by atoms with E-state index in [1.165, 1.54) is 11.1 Å². The third-order valence-electron chi connectivity index (χ3n) is 5.02. The summed E-state index contributed by atoms with van der Waals surface area (Å²) in [5, 5.41) is 0.992. The molecule has 0 N–H and O–H groups in total. The van der Waals surface area contributed by atoms with E-state index in [2.05, 4.69) is 36.9 Å². The zero-order valence-corrected chi connectivity index (χ0v) is 14.8. The van der Waals surface area contributed by atoms with Crippen molar-refractivity contribution < 1.29 is 9.15 Å². The molecule has 0 bridgehead atoms. The molecule has 3 aromatic rings. The molecule has 2 aromatic carbocycles. The Morgan fingerprint density at radius 2 is 1.92 bits per heavy atom. The van der Waals surface area contributed by atoms with Gasteiger partial charge in [-0.05, 0) is 61.2 Å². The first-order valence-corrected chi connectivity index (χ1v) is 8.60. The summed E-state index contributed by atoms with van der Waals surface area (Å²) in [6.45, 7) is 7.41. The highest BCUT2D eigenvalue weighted by atomic mass is 16.5. The monoisotopic (exact) mass is 335 g/mol. The van der Waals surface area contributed by atoms with Crippen molar-refractivity contribution in [3.63, 3.8) is 0 Å². The van der Waals surface area contributed by atoms with Gasteiger partial charge >= 0.3 is 5.63 Å². The fraction of sp³-hybridized carbons (Fsp3) is 0.286. The Morgan fingerprint density at radius 1 is 1.08 bits per heavy atom. The van der Waals surface area contributed by atoms with Crippen molar-refractivity contribution in [2.75, 3.05) is 11.6 Å². The summed E-state index contributed by atoms with van der Waals surface area (Å²) in [4.78, 5) is 14.1. The summed E-state index contributed by atoms with van der Waals surface area (Å²) >= 11 is 0. The molecule has 0 saturated heterocycles. The molecule has 0 aliphatic carbocycles. The van der Waals surface area contributed by atoms with Crippen LogP contribution in [0.5, 0.6) is 5.75 Å². The number of hydrogen-bond acceptors (Lipinski definition) is 4. The van der Waals surface area contributed by atoms with Crippen molar-refractivity contribution >= 4 is 16.7 Å². The Kier molecular flexibility index (Phi) is 3.75. The highest BCUT2D eigenvalue weighted by Crippen LogP contribution is 2.35. The minimum atomic E-state index is -0.305. The molecule has 0 radical (unpaired) electrons. The fourth-order valence-corrected chi connectivity index (χ4v) is 3.38. The van der Waals surface area contributed by atoms with Crippen molar-refractivity contribution in [3.05, 3.63) is 69.1 Å². The van der Waals surface area contributed by atoms with E-state index in [4.69, 9.17) is 9.15 Å². The largest absolute Gasteiger partial charge is 0.473 e. The number of fused-ring (bicyclic) bond motifs is 3. The molecule has 0 spiro atoms. The van der Waals surface area contributed by atoms with Gasteiger partial charge in [-0.25, -0.2) is 4.79 Å². The standard InChI is InChI=1S/C21H21NO3/c1-4-15-10-20(23)25-21-17(15)7-8-19-18(21)11-22(12-24-19)16-6-5-13(2)14(3)9-16/h5-10H,4,11-12H2,1-3H3. The molecule has 0 fully saturated rings. The van der Waals surface area contributed by atoms with Crippen molar-refractivity contribution in [1.29, 1.82) is 0 Å². The highest BCUT2D eigenvalue weighted by Gasteiger charge is 2.22. The molecule has 0 amide bonds. The maximum Gasteiger partial charge on any atom is 0.336 e. The number of hydrogen-bond donors (Lipinski definition) is 0. The lowest BCUT2D eigenvalue weighted by Crippen LogP contribution is -2.32. The molecular weight excluding hydrogens is 314 g/mol. The van der Waals surface area contributed by atoms with Crippen molar-refractivity contribution in [3.8, 4) is 5.75 Å². The predicted octanol–water partition coefficient (Wildman–Crippen LogP) is 4.33. The molecule has 1 aliphatic heterocycles. The Balaban J connectivity index is 1.82. The van der Waals surface area contributed by atoms with E-state index in [0.29, 0.717) is 18.9 Å². The SMILES string of the molecule is CCc1cc(=O)oc2c3c(ccc12)OCN(c1ccc(C)c(C)c1)C3. The van der Waals surface area contributed by atoms with Crippen LogP contribution in [-0.2, 0) is 13.0 Å². The van der Waals surface area contributed by atoms with Crippen LogP contribution in [0.3, 0.4) is 0 Å². The molecule has 25 heavy (non-hydrogen) atoms. The lowest BCUT2D eigenvalue weighted by Gasteiger charge is -2.31. The normalized spacial score (nSPS) is 13.6. The molecule has 1 aromatic heterocycles. The second-order valence-corrected chi connectivity index (χ2v) is 6.60. The summed E-state index contributed by atoms with van der Waals surface area (Å²) in [5.74, 6) is 0.795. The van der Waals surface area contributed by atoms with E-state index >= 15 is 0 Å². The van der Waals surface area contributed by atoms with E-state index < -0.39 is 0 Å². The van der Waals surface area contributed by atoms with Crippen LogP contribution in [0.2, 0.25) is 0 Å². The number of benzene rings is 2. The van der Waals surface area contributed by atoms with Gasteiger partial charge in [0, 0.05) is 17.1 Å². The molecule has 128 valence electrons. The van der Waals surface area contributed by atoms with Gasteiger partial charge < -0.3 is 14.1 Å². The van der Waals surface area contributed by atoms with Gasteiger partial charge in [-0.3, -0.25) is 0 Å². The third kappa shape index (κ3) is 2.68. The van der Waals surface area contributed by atoms with Crippen molar-refractivity contribution in [2.45, 2.75) is 33.7 Å². The minimum absolute atomic E-state index is 0.305. The van der Waals surface area contributed by atoms with Crippen LogP contribution in [0, 0.1) is 13.8 Å². The molecular formula is C21H21NO3. The molecule has 0 unspecified atom stereocenters. The lowest BCUT2D eigenvalue weighted by molar-refractivity contribution is 0.289. The topological polar surface area (TPSA) is 42.7 Å². The van der Waals surface area contributed by atoms with E-state index in [9.17, 15) is 4.79 Å². The van der Waals surface area contributed by atoms with Gasteiger partial charge in [0.05, 0.1) is 12.1 Å². The maximum atomic E-state index is 12.0. The molecule has 4 heteroatoms. The second kappa shape index (κ2) is 5.96. The zero-order chi connectivity index (χ0) is 17.6. The van der Waals surface area contributed by atoms with Gasteiger partial charge in [0.25, 0.3) is 0 Å². The predicted molar refractivity (Wildman–Crippen MR) is 99.5 cm³/mol. The first-order chi connectivity index (χ1) is 12.1. The number of aryl methyl sites for hydroxylation is 3. The van der Waals surface area contributed by atoms with E-state index in [1.54, 1.807) is 6.07 Å². The highest BCUT2D eigenvalue weighted by molar-refractivity contribution is 5.85. The average Bonchev–Trinajstić information content (AvgIpc) is 2.62. The molecule has 0 atom stereocenters. The Labute approximate surface area is 146 Å². The fourth-order valence-electron chi connectivity index (χ4n) is 3.38. The Morgan fingerprint density at radius 3 is 2.68 bits per heavy atom. The van der Waals surface area contributed by atoms with Gasteiger partial charge in [0.1, 0.15) is 11.3 Å². The van der Waals surface area contributed by atoms with Gasteiger partial charge in [0.2, 0.25) is 0 Å². The first kappa shape index (κ1) is 15.8. The number of rotatable bonds is 2. The third-order valence-corrected chi connectivity index (χ3v) is 5.02. The van der Waals surface area contributed by atoms with Crippen LogP contribution in [0.15, 0.2) is 45.6 Å². The van der Waals surface area contributed by atoms with Gasteiger partial charge in [-0.15, -0.1) is 0 Å². The maximum absolute atomic E-state index is 12.0. The summed E-state index contributed by atoms with van der Waals surface area (Å²) < 4.78 is 11.5. The molecule has 1 aliphatic rings. The Hall–Kier alpha value is -2.75. The van der Waals surface area contributed by atoms with Crippen LogP contribution in [0.25, 0.3) is 11.0 Å². The summed E-state index contributed by atoms with van der Waals surface area (Å²) in [7, 11) is 0. The zero-order valence-electron chi connectivity index (χ0n) is 14.8. The summed E-state index contributed by atoms with van der Waals surface area (Å²) in [6, 6.07) is 12.0. The van der Waals surface area contributed by atoms with Crippen LogP contribution < -0.4 is 15.3 Å². The molecule has 4 nitrogen and oxygen atoms in total. The smallest absolute Gasteiger partial charge is 0.336 e. The quantitative estimate of drug-likeness (QED) is 0.654. The van der Waals surface area contributed by atoms with Crippen LogP contribution in [-0.4, -0.2) is 6.73 Å².